The van der Waals surface area contributed by atoms with E-state index in [1.54, 1.807) is 12.1 Å². The first-order chi connectivity index (χ1) is 11.6. The summed E-state index contributed by atoms with van der Waals surface area (Å²) in [6.07, 6.45) is 0.461. The van der Waals surface area contributed by atoms with Crippen molar-refractivity contribution in [3.8, 4) is 0 Å². The molecule has 1 unspecified atom stereocenters. The number of rotatable bonds is 5. The van der Waals surface area contributed by atoms with Crippen LogP contribution in [0, 0.1) is 0 Å². The van der Waals surface area contributed by atoms with Crippen molar-refractivity contribution in [2.45, 2.75) is 19.0 Å². The summed E-state index contributed by atoms with van der Waals surface area (Å²) in [5.41, 5.74) is 1.59. The fourth-order valence-electron chi connectivity index (χ4n) is 2.60. The summed E-state index contributed by atoms with van der Waals surface area (Å²) < 4.78 is 0. The molecule has 24 heavy (non-hydrogen) atoms. The summed E-state index contributed by atoms with van der Waals surface area (Å²) in [5.74, 6) is 2.12. The van der Waals surface area contributed by atoms with Gasteiger partial charge in [-0.05, 0) is 17.7 Å². The summed E-state index contributed by atoms with van der Waals surface area (Å²) >= 11 is 2.90. The van der Waals surface area contributed by atoms with Crippen LogP contribution in [-0.2, 0) is 16.1 Å². The first-order valence-corrected chi connectivity index (χ1v) is 9.93. The Kier molecular flexibility index (Phi) is 5.80. The standard InChI is InChI=1S/C16H19N3O3S2/c20-14(7-13-9-23-6-5-17-13)18-12-3-1-11(2-4-12)8-19-15(21)10-24-16(19)22/h1-4,13,17H,5-10H2,(H,18,20). The molecule has 0 aliphatic carbocycles. The van der Waals surface area contributed by atoms with Crippen molar-refractivity contribution in [2.75, 3.05) is 29.1 Å². The number of hydrogen-bond acceptors (Lipinski definition) is 6. The van der Waals surface area contributed by atoms with Crippen LogP contribution in [0.15, 0.2) is 24.3 Å². The lowest BCUT2D eigenvalue weighted by molar-refractivity contribution is -0.125. The molecule has 0 spiro atoms. The van der Waals surface area contributed by atoms with Crippen LogP contribution in [0.3, 0.4) is 0 Å². The summed E-state index contributed by atoms with van der Waals surface area (Å²) in [5, 5.41) is 6.03. The Balaban J connectivity index is 1.51. The number of hydrogen-bond donors (Lipinski definition) is 2. The minimum Gasteiger partial charge on any atom is -0.326 e. The van der Waals surface area contributed by atoms with Crippen LogP contribution in [0.2, 0.25) is 0 Å². The highest BCUT2D eigenvalue weighted by Gasteiger charge is 2.29. The average molecular weight is 365 g/mol. The molecule has 8 heteroatoms. The van der Waals surface area contributed by atoms with Gasteiger partial charge in [-0.25, -0.2) is 0 Å². The molecule has 1 atom stereocenters. The van der Waals surface area contributed by atoms with E-state index in [1.165, 1.54) is 4.90 Å². The molecule has 2 aliphatic heterocycles. The van der Waals surface area contributed by atoms with Gasteiger partial charge in [-0.3, -0.25) is 19.3 Å². The molecule has 3 rings (SSSR count). The van der Waals surface area contributed by atoms with E-state index < -0.39 is 0 Å². The molecule has 0 aromatic heterocycles. The molecular weight excluding hydrogens is 346 g/mol. The van der Waals surface area contributed by atoms with Gasteiger partial charge in [0.05, 0.1) is 12.3 Å². The Morgan fingerprint density at radius 3 is 2.71 bits per heavy atom. The lowest BCUT2D eigenvalue weighted by atomic mass is 10.1. The Labute approximate surface area is 149 Å². The SMILES string of the molecule is O=C(CC1CSCCN1)Nc1ccc(CN2C(=O)CSC2=O)cc1. The zero-order valence-corrected chi connectivity index (χ0v) is 14.8. The van der Waals surface area contributed by atoms with Crippen molar-refractivity contribution in [2.24, 2.45) is 0 Å². The maximum Gasteiger partial charge on any atom is 0.289 e. The second-order valence-corrected chi connectivity index (χ2v) is 7.79. The second kappa shape index (κ2) is 8.04. The molecule has 2 aliphatic rings. The molecule has 6 nitrogen and oxygen atoms in total. The Morgan fingerprint density at radius 2 is 2.08 bits per heavy atom. The number of carbonyl (C=O) groups excluding carboxylic acids is 3. The van der Waals surface area contributed by atoms with Gasteiger partial charge in [-0.1, -0.05) is 23.9 Å². The van der Waals surface area contributed by atoms with Gasteiger partial charge in [0.25, 0.3) is 5.24 Å². The third-order valence-electron chi connectivity index (χ3n) is 3.85. The molecule has 1 aromatic rings. The fourth-order valence-corrected chi connectivity index (χ4v) is 4.27. The Morgan fingerprint density at radius 1 is 1.29 bits per heavy atom. The van der Waals surface area contributed by atoms with E-state index in [-0.39, 0.29) is 35.4 Å². The third-order valence-corrected chi connectivity index (χ3v) is 5.84. The molecule has 2 heterocycles. The fraction of sp³-hybridized carbons (Fsp3) is 0.438. The molecule has 0 saturated carbocycles. The number of thioether (sulfide) groups is 2. The number of nitrogens with zero attached hydrogens (tertiary/aromatic N) is 1. The third kappa shape index (κ3) is 4.52. The molecule has 0 bridgehead atoms. The highest BCUT2D eigenvalue weighted by molar-refractivity contribution is 8.14. The maximum atomic E-state index is 12.1. The Bertz CT molecular complexity index is 614. The molecule has 1 aromatic carbocycles. The van der Waals surface area contributed by atoms with E-state index in [2.05, 4.69) is 10.6 Å². The van der Waals surface area contributed by atoms with Crippen LogP contribution in [0.25, 0.3) is 0 Å². The van der Waals surface area contributed by atoms with Gasteiger partial charge in [0.1, 0.15) is 0 Å². The van der Waals surface area contributed by atoms with Crippen molar-refractivity contribution in [1.29, 1.82) is 0 Å². The van der Waals surface area contributed by atoms with Crippen LogP contribution in [0.4, 0.5) is 10.5 Å². The largest absolute Gasteiger partial charge is 0.326 e. The number of benzene rings is 1. The maximum absolute atomic E-state index is 12.1. The molecule has 0 radical (unpaired) electrons. The van der Waals surface area contributed by atoms with Crippen molar-refractivity contribution in [1.82, 2.24) is 10.2 Å². The van der Waals surface area contributed by atoms with Gasteiger partial charge in [-0.15, -0.1) is 0 Å². The molecular formula is C16H19N3O3S2. The average Bonchev–Trinajstić information content (AvgIpc) is 2.89. The van der Waals surface area contributed by atoms with Crippen LogP contribution >= 0.6 is 23.5 Å². The molecule has 2 N–H and O–H groups in total. The summed E-state index contributed by atoms with van der Waals surface area (Å²) in [6, 6.07) is 7.48. The van der Waals surface area contributed by atoms with Gasteiger partial charge in [0.15, 0.2) is 0 Å². The smallest absolute Gasteiger partial charge is 0.289 e. The quantitative estimate of drug-likeness (QED) is 0.830. The molecule has 128 valence electrons. The van der Waals surface area contributed by atoms with E-state index in [4.69, 9.17) is 0 Å². The van der Waals surface area contributed by atoms with Crippen molar-refractivity contribution >= 4 is 46.3 Å². The van der Waals surface area contributed by atoms with E-state index in [1.807, 2.05) is 23.9 Å². The second-order valence-electron chi connectivity index (χ2n) is 5.71. The van der Waals surface area contributed by atoms with E-state index >= 15 is 0 Å². The normalized spacial score (nSPS) is 21.2. The molecule has 2 saturated heterocycles. The van der Waals surface area contributed by atoms with Gasteiger partial charge in [0.2, 0.25) is 11.8 Å². The Hall–Kier alpha value is -1.51. The van der Waals surface area contributed by atoms with Crippen LogP contribution in [0.1, 0.15) is 12.0 Å². The van der Waals surface area contributed by atoms with Crippen LogP contribution in [-0.4, -0.2) is 51.8 Å². The summed E-state index contributed by atoms with van der Waals surface area (Å²) in [6.45, 7) is 1.23. The van der Waals surface area contributed by atoms with Gasteiger partial charge in [0, 0.05) is 36.2 Å². The zero-order valence-electron chi connectivity index (χ0n) is 13.1. The van der Waals surface area contributed by atoms with Crippen molar-refractivity contribution in [3.05, 3.63) is 29.8 Å². The summed E-state index contributed by atoms with van der Waals surface area (Å²) in [4.78, 5) is 36.5. The van der Waals surface area contributed by atoms with Gasteiger partial charge >= 0.3 is 0 Å². The van der Waals surface area contributed by atoms with E-state index in [9.17, 15) is 14.4 Å². The van der Waals surface area contributed by atoms with Crippen LogP contribution < -0.4 is 10.6 Å². The van der Waals surface area contributed by atoms with E-state index in [0.717, 1.165) is 41.1 Å². The monoisotopic (exact) mass is 365 g/mol. The minimum atomic E-state index is -0.199. The topological polar surface area (TPSA) is 78.5 Å². The van der Waals surface area contributed by atoms with Gasteiger partial charge in [-0.2, -0.15) is 11.8 Å². The lowest BCUT2D eigenvalue weighted by Crippen LogP contribution is -2.39. The lowest BCUT2D eigenvalue weighted by Gasteiger charge is -2.22. The zero-order chi connectivity index (χ0) is 16.9. The van der Waals surface area contributed by atoms with E-state index in [0.29, 0.717) is 6.42 Å². The summed E-state index contributed by atoms with van der Waals surface area (Å²) in [7, 11) is 0. The first kappa shape index (κ1) is 17.3. The van der Waals surface area contributed by atoms with Crippen LogP contribution in [0.5, 0.6) is 0 Å². The molecule has 2 fully saturated rings. The van der Waals surface area contributed by atoms with Gasteiger partial charge < -0.3 is 10.6 Å². The first-order valence-electron chi connectivity index (χ1n) is 7.79. The highest BCUT2D eigenvalue weighted by atomic mass is 32.2. The molecule has 3 amide bonds. The minimum absolute atomic E-state index is 0.0101. The number of imide groups is 1. The van der Waals surface area contributed by atoms with Crippen molar-refractivity contribution < 1.29 is 14.4 Å². The predicted molar refractivity (Wildman–Crippen MR) is 97.2 cm³/mol. The number of anilines is 1. The number of nitrogens with one attached hydrogen (secondary N) is 2. The predicted octanol–water partition coefficient (Wildman–Crippen LogP) is 1.92. The van der Waals surface area contributed by atoms with Crippen molar-refractivity contribution in [3.63, 3.8) is 0 Å². The highest BCUT2D eigenvalue weighted by Crippen LogP contribution is 2.22. The number of amides is 3. The number of carbonyl (C=O) groups is 3.